The molecule has 1 aromatic rings. The van der Waals surface area contributed by atoms with Crippen molar-refractivity contribution in [2.24, 2.45) is 0 Å². The highest BCUT2D eigenvalue weighted by molar-refractivity contribution is 7.99. The van der Waals surface area contributed by atoms with Gasteiger partial charge in [-0.05, 0) is 42.3 Å². The predicted molar refractivity (Wildman–Crippen MR) is 79.7 cm³/mol. The van der Waals surface area contributed by atoms with E-state index in [-0.39, 0.29) is 0 Å². The van der Waals surface area contributed by atoms with Crippen molar-refractivity contribution in [2.75, 3.05) is 24.7 Å². The quantitative estimate of drug-likeness (QED) is 0.763. The van der Waals surface area contributed by atoms with E-state index in [0.29, 0.717) is 6.04 Å². The summed E-state index contributed by atoms with van der Waals surface area (Å²) in [6.07, 6.45) is 2.34. The molecule has 0 aliphatic heterocycles. The van der Waals surface area contributed by atoms with Crippen LogP contribution in [0.2, 0.25) is 0 Å². The van der Waals surface area contributed by atoms with Crippen LogP contribution in [0.5, 0.6) is 5.75 Å². The molecule has 1 aliphatic rings. The smallest absolute Gasteiger partial charge is 0.122 e. The lowest BCUT2D eigenvalue weighted by Crippen LogP contribution is -2.18. The van der Waals surface area contributed by atoms with E-state index in [1.165, 1.54) is 23.3 Å². The molecule has 1 N–H and O–H groups in total. The SMILES string of the molecule is CCNC1CCc2c(OCCSCC)cccc21. The molecule has 0 saturated carbocycles. The first-order valence-corrected chi connectivity index (χ1v) is 8.08. The summed E-state index contributed by atoms with van der Waals surface area (Å²) in [5.41, 5.74) is 2.86. The van der Waals surface area contributed by atoms with E-state index < -0.39 is 0 Å². The van der Waals surface area contributed by atoms with E-state index in [1.807, 2.05) is 11.8 Å². The molecule has 2 rings (SSSR count). The highest BCUT2D eigenvalue weighted by atomic mass is 32.2. The second-order valence-electron chi connectivity index (χ2n) is 4.52. The van der Waals surface area contributed by atoms with Gasteiger partial charge in [0.05, 0.1) is 6.61 Å². The lowest BCUT2D eigenvalue weighted by Gasteiger charge is -2.14. The highest BCUT2D eigenvalue weighted by Gasteiger charge is 2.24. The number of fused-ring (bicyclic) bond motifs is 1. The number of thioether (sulfide) groups is 1. The molecule has 0 spiro atoms. The normalized spacial score (nSPS) is 17.8. The van der Waals surface area contributed by atoms with E-state index in [2.05, 4.69) is 37.4 Å². The van der Waals surface area contributed by atoms with Gasteiger partial charge in [-0.1, -0.05) is 26.0 Å². The van der Waals surface area contributed by atoms with Gasteiger partial charge in [0.2, 0.25) is 0 Å². The van der Waals surface area contributed by atoms with Crippen molar-refractivity contribution in [3.8, 4) is 5.75 Å². The fraction of sp³-hybridized carbons (Fsp3) is 0.600. The zero-order valence-corrected chi connectivity index (χ0v) is 12.2. The number of hydrogen-bond acceptors (Lipinski definition) is 3. The fourth-order valence-corrected chi connectivity index (χ4v) is 3.06. The van der Waals surface area contributed by atoms with Crippen molar-refractivity contribution in [1.29, 1.82) is 0 Å². The van der Waals surface area contributed by atoms with Gasteiger partial charge in [-0.2, -0.15) is 11.8 Å². The van der Waals surface area contributed by atoms with Crippen LogP contribution in [-0.2, 0) is 6.42 Å². The second-order valence-corrected chi connectivity index (χ2v) is 5.91. The average molecular weight is 265 g/mol. The van der Waals surface area contributed by atoms with Crippen LogP contribution in [0.1, 0.15) is 37.4 Å². The third-order valence-corrected chi connectivity index (χ3v) is 4.23. The zero-order valence-electron chi connectivity index (χ0n) is 11.4. The fourth-order valence-electron chi connectivity index (χ4n) is 2.57. The van der Waals surface area contributed by atoms with Gasteiger partial charge in [-0.3, -0.25) is 0 Å². The molecule has 0 heterocycles. The predicted octanol–water partition coefficient (Wildman–Crippen LogP) is 3.42. The van der Waals surface area contributed by atoms with E-state index in [4.69, 9.17) is 4.74 Å². The van der Waals surface area contributed by atoms with E-state index >= 15 is 0 Å². The van der Waals surface area contributed by atoms with Gasteiger partial charge < -0.3 is 10.1 Å². The average Bonchev–Trinajstić information content (AvgIpc) is 2.79. The molecule has 1 aromatic carbocycles. The van der Waals surface area contributed by atoms with Crippen LogP contribution in [0.4, 0.5) is 0 Å². The lowest BCUT2D eigenvalue weighted by molar-refractivity contribution is 0.340. The molecule has 3 heteroatoms. The Labute approximate surface area is 114 Å². The van der Waals surface area contributed by atoms with Crippen molar-refractivity contribution in [3.63, 3.8) is 0 Å². The molecule has 1 atom stereocenters. The Hall–Kier alpha value is -0.670. The van der Waals surface area contributed by atoms with Crippen LogP contribution in [0.25, 0.3) is 0 Å². The summed E-state index contributed by atoms with van der Waals surface area (Å²) >= 11 is 1.93. The van der Waals surface area contributed by atoms with Crippen molar-refractivity contribution in [2.45, 2.75) is 32.7 Å². The summed E-state index contributed by atoms with van der Waals surface area (Å²) in [5, 5.41) is 3.54. The van der Waals surface area contributed by atoms with Crippen LogP contribution in [0.3, 0.4) is 0 Å². The minimum absolute atomic E-state index is 0.526. The number of hydrogen-bond donors (Lipinski definition) is 1. The van der Waals surface area contributed by atoms with Crippen LogP contribution >= 0.6 is 11.8 Å². The summed E-state index contributed by atoms with van der Waals surface area (Å²) in [6.45, 7) is 6.20. The summed E-state index contributed by atoms with van der Waals surface area (Å²) in [4.78, 5) is 0. The van der Waals surface area contributed by atoms with Gasteiger partial charge in [-0.15, -0.1) is 0 Å². The maximum Gasteiger partial charge on any atom is 0.122 e. The lowest BCUT2D eigenvalue weighted by atomic mass is 10.1. The summed E-state index contributed by atoms with van der Waals surface area (Å²) in [5.74, 6) is 3.35. The van der Waals surface area contributed by atoms with Gasteiger partial charge in [0, 0.05) is 11.8 Å². The molecular formula is C15H23NOS. The Balaban J connectivity index is 2.00. The summed E-state index contributed by atoms with van der Waals surface area (Å²) in [6, 6.07) is 7.00. The molecule has 1 aliphatic carbocycles. The Kier molecular flexibility index (Phi) is 5.39. The van der Waals surface area contributed by atoms with E-state index in [1.54, 1.807) is 0 Å². The summed E-state index contributed by atoms with van der Waals surface area (Å²) in [7, 11) is 0. The van der Waals surface area contributed by atoms with Crippen LogP contribution < -0.4 is 10.1 Å². The van der Waals surface area contributed by atoms with Gasteiger partial charge in [-0.25, -0.2) is 0 Å². The van der Waals surface area contributed by atoms with Crippen LogP contribution in [0.15, 0.2) is 18.2 Å². The molecule has 100 valence electrons. The summed E-state index contributed by atoms with van der Waals surface area (Å²) < 4.78 is 5.93. The molecule has 0 bridgehead atoms. The van der Waals surface area contributed by atoms with Crippen molar-refractivity contribution in [1.82, 2.24) is 5.32 Å². The molecular weight excluding hydrogens is 242 g/mol. The Bertz CT molecular complexity index is 381. The first-order valence-electron chi connectivity index (χ1n) is 6.92. The Morgan fingerprint density at radius 2 is 2.28 bits per heavy atom. The molecule has 1 unspecified atom stereocenters. The monoisotopic (exact) mass is 265 g/mol. The van der Waals surface area contributed by atoms with Crippen LogP contribution in [0, 0.1) is 0 Å². The molecule has 0 amide bonds. The standard InChI is InChI=1S/C15H23NOS/c1-3-16-14-9-8-13-12(14)6-5-7-15(13)17-10-11-18-4-2/h5-7,14,16H,3-4,8-11H2,1-2H3. The maximum absolute atomic E-state index is 5.93. The number of rotatable bonds is 7. The minimum atomic E-state index is 0.526. The minimum Gasteiger partial charge on any atom is -0.492 e. The second kappa shape index (κ2) is 7.05. The van der Waals surface area contributed by atoms with Gasteiger partial charge in [0.1, 0.15) is 5.75 Å². The van der Waals surface area contributed by atoms with Gasteiger partial charge in [0.25, 0.3) is 0 Å². The van der Waals surface area contributed by atoms with Gasteiger partial charge >= 0.3 is 0 Å². The first-order chi connectivity index (χ1) is 8.86. The third-order valence-electron chi connectivity index (χ3n) is 3.37. The van der Waals surface area contributed by atoms with Crippen molar-refractivity contribution in [3.05, 3.63) is 29.3 Å². The van der Waals surface area contributed by atoms with Crippen molar-refractivity contribution < 1.29 is 4.74 Å². The first kappa shape index (κ1) is 13.8. The molecule has 0 fully saturated rings. The van der Waals surface area contributed by atoms with Gasteiger partial charge in [0.15, 0.2) is 0 Å². The highest BCUT2D eigenvalue weighted by Crippen LogP contribution is 2.36. The molecule has 0 aromatic heterocycles. The number of ether oxygens (including phenoxy) is 1. The molecule has 2 nitrogen and oxygen atoms in total. The third kappa shape index (κ3) is 3.21. The van der Waals surface area contributed by atoms with E-state index in [0.717, 1.165) is 31.1 Å². The molecule has 0 radical (unpaired) electrons. The maximum atomic E-state index is 5.93. The zero-order chi connectivity index (χ0) is 12.8. The van der Waals surface area contributed by atoms with E-state index in [9.17, 15) is 0 Å². The Morgan fingerprint density at radius 3 is 3.06 bits per heavy atom. The topological polar surface area (TPSA) is 21.3 Å². The Morgan fingerprint density at radius 1 is 1.39 bits per heavy atom. The number of nitrogens with one attached hydrogen (secondary N) is 1. The van der Waals surface area contributed by atoms with Crippen LogP contribution in [-0.4, -0.2) is 24.7 Å². The molecule has 18 heavy (non-hydrogen) atoms. The van der Waals surface area contributed by atoms with Crippen molar-refractivity contribution >= 4 is 11.8 Å². The largest absolute Gasteiger partial charge is 0.492 e. The molecule has 0 saturated heterocycles. The number of benzene rings is 1.